The first kappa shape index (κ1) is 75.9. The van der Waals surface area contributed by atoms with Gasteiger partial charge in [-0.15, -0.1) is 0 Å². The lowest BCUT2D eigenvalue weighted by atomic mass is 10.0. The normalized spacial score (nSPS) is 14.1. The molecule has 3 unspecified atom stereocenters. The summed E-state index contributed by atoms with van der Waals surface area (Å²) in [5.74, 6) is -1.57. The summed E-state index contributed by atoms with van der Waals surface area (Å²) < 4.78 is 39.6. The summed E-state index contributed by atoms with van der Waals surface area (Å²) in [5, 5.41) is 9.84. The molecule has 0 saturated carbocycles. The van der Waals surface area contributed by atoms with Gasteiger partial charge in [0.1, 0.15) is 12.7 Å². The Morgan fingerprint density at radius 1 is 0.362 bits per heavy atom. The lowest BCUT2D eigenvalue weighted by Gasteiger charge is -2.21. The van der Waals surface area contributed by atoms with Crippen LogP contribution in [0.25, 0.3) is 0 Å². The second-order valence-electron chi connectivity index (χ2n) is 20.5. The predicted octanol–water partition coefficient (Wildman–Crippen LogP) is 19.1. The second-order valence-corrected chi connectivity index (χ2v) is 21.9. The summed E-state index contributed by atoms with van der Waals surface area (Å²) in [6.07, 6.45) is 75.9. The quantitative estimate of drug-likeness (QED) is 0.0197. The first-order valence-corrected chi connectivity index (χ1v) is 32.9. The number of aliphatic hydroxyl groups is 1. The van der Waals surface area contributed by atoms with Gasteiger partial charge in [-0.2, -0.15) is 0 Å². The van der Waals surface area contributed by atoms with Gasteiger partial charge in [-0.25, -0.2) is 4.57 Å². The molecule has 0 aromatic carbocycles. The third-order valence-corrected chi connectivity index (χ3v) is 13.8. The van der Waals surface area contributed by atoms with Crippen molar-refractivity contribution in [1.29, 1.82) is 0 Å². The molecule has 0 aliphatic rings. The molecule has 0 amide bonds. The molecule has 0 aliphatic carbocycles. The molecule has 3 atom stereocenters. The minimum Gasteiger partial charge on any atom is -0.462 e. The molecular formula is C68H113O11P. The molecular weight excluding hydrogens is 1020 g/mol. The van der Waals surface area contributed by atoms with Crippen LogP contribution < -0.4 is 0 Å². The zero-order valence-corrected chi connectivity index (χ0v) is 51.4. The Kier molecular flexibility index (Phi) is 57.8. The van der Waals surface area contributed by atoms with E-state index >= 15 is 0 Å². The van der Waals surface area contributed by atoms with E-state index in [-0.39, 0.29) is 25.9 Å². The van der Waals surface area contributed by atoms with Gasteiger partial charge in [0, 0.05) is 19.3 Å². The highest BCUT2D eigenvalue weighted by atomic mass is 31.2. The van der Waals surface area contributed by atoms with Crippen LogP contribution in [0.4, 0.5) is 0 Å². The van der Waals surface area contributed by atoms with Crippen molar-refractivity contribution in [2.45, 2.75) is 264 Å². The third kappa shape index (κ3) is 58.5. The molecule has 0 radical (unpaired) electrons. The average molecular weight is 1140 g/mol. The van der Waals surface area contributed by atoms with E-state index in [0.29, 0.717) is 25.7 Å². The van der Waals surface area contributed by atoms with Crippen LogP contribution in [0.3, 0.4) is 0 Å². The molecule has 456 valence electrons. The number of carbonyl (C=O) groups excluding carboxylic acids is 3. The van der Waals surface area contributed by atoms with E-state index in [9.17, 15) is 28.9 Å². The number of esters is 3. The molecule has 2 N–H and O–H groups in total. The van der Waals surface area contributed by atoms with Crippen LogP contribution in [-0.4, -0.2) is 66.5 Å². The molecule has 0 heterocycles. The Bertz CT molecular complexity index is 1800. The molecule has 0 aromatic heterocycles. The van der Waals surface area contributed by atoms with Crippen molar-refractivity contribution in [2.24, 2.45) is 0 Å². The number of hydrogen-bond acceptors (Lipinski definition) is 10. The molecule has 12 heteroatoms. The van der Waals surface area contributed by atoms with E-state index < -0.39 is 57.8 Å². The first-order chi connectivity index (χ1) is 39.2. The number of phosphoric acid groups is 1. The van der Waals surface area contributed by atoms with Gasteiger partial charge in [0.25, 0.3) is 0 Å². The van der Waals surface area contributed by atoms with Gasteiger partial charge in [0.05, 0.1) is 19.8 Å². The van der Waals surface area contributed by atoms with Gasteiger partial charge >= 0.3 is 25.7 Å². The number of unbranched alkanes of at least 4 members (excludes halogenated alkanes) is 20. The Morgan fingerprint density at radius 2 is 0.662 bits per heavy atom. The molecule has 0 aliphatic heterocycles. The summed E-state index contributed by atoms with van der Waals surface area (Å²) >= 11 is 0. The average Bonchev–Trinajstić information content (AvgIpc) is 3.45. The predicted molar refractivity (Wildman–Crippen MR) is 334 cm³/mol. The zero-order valence-electron chi connectivity index (χ0n) is 50.5. The van der Waals surface area contributed by atoms with E-state index in [1.807, 2.05) is 12.2 Å². The molecule has 0 saturated heterocycles. The molecule has 80 heavy (non-hydrogen) atoms. The smallest absolute Gasteiger partial charge is 0.462 e. The van der Waals surface area contributed by atoms with Crippen molar-refractivity contribution >= 4 is 25.7 Å². The van der Waals surface area contributed by atoms with E-state index in [4.69, 9.17) is 23.3 Å². The molecule has 0 aromatic rings. The van der Waals surface area contributed by atoms with Crippen LogP contribution in [0.1, 0.15) is 252 Å². The fourth-order valence-electron chi connectivity index (χ4n) is 8.18. The van der Waals surface area contributed by atoms with Crippen molar-refractivity contribution in [3.8, 4) is 0 Å². The van der Waals surface area contributed by atoms with Gasteiger partial charge in [-0.1, -0.05) is 251 Å². The maximum absolute atomic E-state index is 12.9. The van der Waals surface area contributed by atoms with E-state index in [1.54, 1.807) is 0 Å². The molecule has 0 spiro atoms. The number of phosphoric ester groups is 1. The van der Waals surface area contributed by atoms with Crippen molar-refractivity contribution in [1.82, 2.24) is 0 Å². The van der Waals surface area contributed by atoms with E-state index in [2.05, 4.69) is 130 Å². The van der Waals surface area contributed by atoms with Gasteiger partial charge in [-0.05, 0) is 103 Å². The number of hydrogen-bond donors (Lipinski definition) is 2. The first-order valence-electron chi connectivity index (χ1n) is 31.4. The van der Waals surface area contributed by atoms with Crippen LogP contribution in [0.15, 0.2) is 122 Å². The monoisotopic (exact) mass is 1140 g/mol. The van der Waals surface area contributed by atoms with E-state index in [0.717, 1.165) is 103 Å². The highest BCUT2D eigenvalue weighted by Crippen LogP contribution is 2.43. The minimum absolute atomic E-state index is 0.0909. The van der Waals surface area contributed by atoms with Gasteiger partial charge < -0.3 is 24.2 Å². The maximum Gasteiger partial charge on any atom is 0.472 e. The summed E-state index contributed by atoms with van der Waals surface area (Å²) in [5.41, 5.74) is 0. The van der Waals surface area contributed by atoms with Crippen molar-refractivity contribution in [3.05, 3.63) is 122 Å². The highest BCUT2D eigenvalue weighted by Gasteiger charge is 2.28. The molecule has 0 rings (SSSR count). The lowest BCUT2D eigenvalue weighted by molar-refractivity contribution is -0.161. The van der Waals surface area contributed by atoms with E-state index in [1.165, 1.54) is 83.5 Å². The van der Waals surface area contributed by atoms with Crippen molar-refractivity contribution in [2.75, 3.05) is 26.4 Å². The fourth-order valence-corrected chi connectivity index (χ4v) is 8.97. The number of ether oxygens (including phenoxy) is 3. The molecule has 0 fully saturated rings. The highest BCUT2D eigenvalue weighted by molar-refractivity contribution is 7.47. The number of allylic oxidation sites excluding steroid dienone is 20. The minimum atomic E-state index is -4.78. The number of aliphatic hydroxyl groups excluding tert-OH is 1. The topological polar surface area (TPSA) is 155 Å². The summed E-state index contributed by atoms with van der Waals surface area (Å²) in [6, 6.07) is 0. The summed E-state index contributed by atoms with van der Waals surface area (Å²) in [4.78, 5) is 48.7. The Morgan fingerprint density at radius 3 is 1.05 bits per heavy atom. The van der Waals surface area contributed by atoms with Crippen LogP contribution >= 0.6 is 7.82 Å². The summed E-state index contributed by atoms with van der Waals surface area (Å²) in [7, 11) is -4.78. The number of rotatable bonds is 57. The van der Waals surface area contributed by atoms with Crippen molar-refractivity contribution < 1.29 is 52.2 Å². The Balaban J connectivity index is 4.83. The fraction of sp³-hybridized carbons (Fsp3) is 0.662. The van der Waals surface area contributed by atoms with Crippen LogP contribution in [0, 0.1) is 0 Å². The Labute approximate surface area is 487 Å². The van der Waals surface area contributed by atoms with Gasteiger partial charge in [0.2, 0.25) is 0 Å². The van der Waals surface area contributed by atoms with Crippen LogP contribution in [0.2, 0.25) is 0 Å². The number of carbonyl (C=O) groups is 3. The largest absolute Gasteiger partial charge is 0.472 e. The standard InChI is InChI=1S/C68H113O11P/c1-4-7-10-13-16-19-22-25-28-31-32-35-38-41-44-47-50-53-56-59-68(72)79-65(61-75-66(70)57-54-51-48-45-42-39-36-33-29-26-23-20-17-14-11-8-5-2)63-77-80(73,74)76-62-64(60-69)78-67(71)58-55-52-49-46-43-40-37-34-30-27-24-21-18-15-12-9-6-3/h7,9-10,12,16,18-19,21,25,27-28,30,32,35,37,40-41,44,46,49,64-65,69H,4-6,8,11,13-15,17,20,22-24,26,29,31,33-34,36,38-39,42-43,45,47-48,50-63H2,1-3H3,(H,73,74)/b10-7-,12-9-,19-16-,21-18-,28-25-,30-27-,35-32-,40-37-,44-41-,49-46-. The second kappa shape index (κ2) is 61.0. The van der Waals surface area contributed by atoms with Gasteiger partial charge in [-0.3, -0.25) is 23.4 Å². The van der Waals surface area contributed by atoms with Gasteiger partial charge in [0.15, 0.2) is 6.10 Å². The third-order valence-electron chi connectivity index (χ3n) is 12.9. The van der Waals surface area contributed by atoms with Crippen molar-refractivity contribution in [3.63, 3.8) is 0 Å². The molecule has 0 bridgehead atoms. The zero-order chi connectivity index (χ0) is 58.3. The molecule has 11 nitrogen and oxygen atoms in total. The Hall–Kier alpha value is -4.12. The maximum atomic E-state index is 12.9. The SMILES string of the molecule is CC/C=C\C/C=C\C/C=C\C/C=C\C/C=C\CCCCCC(=O)OC(COC(=O)CCCCCCCCCCCCCCCCCCC)COP(=O)(O)OCC(CO)OC(=O)CCC/C=C\C/C=C\C/C=C\C/C=C\C/C=C\CC. The lowest BCUT2D eigenvalue weighted by Crippen LogP contribution is -2.30. The van der Waals surface area contributed by atoms with Crippen LogP contribution in [0.5, 0.6) is 0 Å². The summed E-state index contributed by atoms with van der Waals surface area (Å²) in [6.45, 7) is 4.33. The van der Waals surface area contributed by atoms with Crippen LogP contribution in [-0.2, 0) is 42.2 Å².